The summed E-state index contributed by atoms with van der Waals surface area (Å²) in [6.45, 7) is 4.13. The van der Waals surface area contributed by atoms with Gasteiger partial charge < -0.3 is 15.0 Å². The van der Waals surface area contributed by atoms with Crippen LogP contribution in [0.15, 0.2) is 78.9 Å². The van der Waals surface area contributed by atoms with Gasteiger partial charge in [0.2, 0.25) is 21.8 Å². The van der Waals surface area contributed by atoms with Crippen LogP contribution in [-0.2, 0) is 32.6 Å². The summed E-state index contributed by atoms with van der Waals surface area (Å²) < 4.78 is 31.9. The third-order valence-corrected chi connectivity index (χ3v) is 8.63. The zero-order valence-electron chi connectivity index (χ0n) is 24.6. The van der Waals surface area contributed by atoms with Gasteiger partial charge in [0.1, 0.15) is 11.8 Å². The van der Waals surface area contributed by atoms with Crippen molar-refractivity contribution in [1.29, 1.82) is 0 Å². The Hall–Kier alpha value is -3.56. The van der Waals surface area contributed by atoms with Gasteiger partial charge in [-0.3, -0.25) is 13.9 Å². The quantitative estimate of drug-likeness (QED) is 0.246. The van der Waals surface area contributed by atoms with Gasteiger partial charge in [-0.25, -0.2) is 8.42 Å². The summed E-state index contributed by atoms with van der Waals surface area (Å²) in [6, 6.07) is 22.7. The molecular formula is C32H40ClN3O5S. The van der Waals surface area contributed by atoms with Crippen molar-refractivity contribution in [2.75, 3.05) is 24.2 Å². The second kappa shape index (κ2) is 15.6. The lowest BCUT2D eigenvalue weighted by Gasteiger charge is -2.33. The van der Waals surface area contributed by atoms with E-state index in [-0.39, 0.29) is 43.8 Å². The molecule has 0 spiro atoms. The first-order valence-electron chi connectivity index (χ1n) is 14.0. The van der Waals surface area contributed by atoms with E-state index in [1.807, 2.05) is 62.4 Å². The van der Waals surface area contributed by atoms with E-state index < -0.39 is 16.1 Å². The Morgan fingerprint density at radius 1 is 1.00 bits per heavy atom. The number of hydrogen-bond donors (Lipinski definition) is 1. The number of rotatable bonds is 15. The van der Waals surface area contributed by atoms with Gasteiger partial charge in [-0.15, -0.1) is 0 Å². The van der Waals surface area contributed by atoms with Crippen LogP contribution in [-0.4, -0.2) is 57.1 Å². The maximum atomic E-state index is 13.9. The summed E-state index contributed by atoms with van der Waals surface area (Å²) in [7, 11) is -2.12. The minimum atomic E-state index is -3.63. The highest BCUT2D eigenvalue weighted by Gasteiger charge is 2.31. The van der Waals surface area contributed by atoms with E-state index in [9.17, 15) is 18.0 Å². The molecule has 0 aliphatic rings. The monoisotopic (exact) mass is 613 g/mol. The Morgan fingerprint density at radius 3 is 2.33 bits per heavy atom. The van der Waals surface area contributed by atoms with Crippen LogP contribution in [0, 0.1) is 0 Å². The van der Waals surface area contributed by atoms with Crippen LogP contribution >= 0.6 is 11.6 Å². The van der Waals surface area contributed by atoms with Crippen LogP contribution in [0.25, 0.3) is 0 Å². The van der Waals surface area contributed by atoms with Crippen LogP contribution in [0.4, 0.5) is 5.69 Å². The molecule has 3 rings (SSSR count). The van der Waals surface area contributed by atoms with Gasteiger partial charge >= 0.3 is 0 Å². The molecule has 8 nitrogen and oxygen atoms in total. The van der Waals surface area contributed by atoms with E-state index >= 15 is 0 Å². The molecule has 0 aliphatic heterocycles. The highest BCUT2D eigenvalue weighted by Crippen LogP contribution is 2.25. The molecule has 0 saturated carbocycles. The van der Waals surface area contributed by atoms with Crippen molar-refractivity contribution in [2.45, 2.75) is 58.2 Å². The number of halogens is 1. The van der Waals surface area contributed by atoms with E-state index in [2.05, 4.69) is 5.32 Å². The first-order chi connectivity index (χ1) is 20.0. The zero-order chi connectivity index (χ0) is 30.7. The highest BCUT2D eigenvalue weighted by atomic mass is 35.5. The third-order valence-electron chi connectivity index (χ3n) is 7.06. The number of anilines is 1. The van der Waals surface area contributed by atoms with E-state index in [1.165, 1.54) is 11.4 Å². The molecule has 2 amide bonds. The number of carbonyl (C=O) groups is 2. The Morgan fingerprint density at radius 2 is 1.69 bits per heavy atom. The summed E-state index contributed by atoms with van der Waals surface area (Å²) in [5, 5.41) is 3.54. The Kier molecular flexibility index (Phi) is 12.2. The SMILES string of the molecule is CC[C@H](C)NC(=O)[C@H](Cc1ccccc1)N(Cc1ccccc1Cl)C(=O)CCCN(c1cccc(OC)c1)S(C)(=O)=O. The van der Waals surface area contributed by atoms with Gasteiger partial charge in [-0.1, -0.05) is 73.1 Å². The number of hydrogen-bond acceptors (Lipinski definition) is 5. The molecule has 3 aromatic carbocycles. The molecule has 0 unspecified atom stereocenters. The first-order valence-corrected chi connectivity index (χ1v) is 16.2. The van der Waals surface area contributed by atoms with E-state index in [4.69, 9.17) is 16.3 Å². The van der Waals surface area contributed by atoms with E-state index in [0.717, 1.165) is 23.8 Å². The number of benzene rings is 3. The lowest BCUT2D eigenvalue weighted by atomic mass is 10.0. The van der Waals surface area contributed by atoms with Crippen LogP contribution in [0.2, 0.25) is 5.02 Å². The second-order valence-electron chi connectivity index (χ2n) is 10.3. The lowest BCUT2D eigenvalue weighted by Crippen LogP contribution is -2.52. The Bertz CT molecular complexity index is 1430. The first kappa shape index (κ1) is 32.9. The van der Waals surface area contributed by atoms with Gasteiger partial charge in [0.05, 0.1) is 19.1 Å². The maximum absolute atomic E-state index is 13.9. The average Bonchev–Trinajstić information content (AvgIpc) is 2.97. The smallest absolute Gasteiger partial charge is 0.243 e. The molecule has 3 aromatic rings. The van der Waals surface area contributed by atoms with E-state index in [1.54, 1.807) is 35.2 Å². The number of nitrogens with one attached hydrogen (secondary N) is 1. The molecule has 226 valence electrons. The standard InChI is InChI=1S/C32H40ClN3O5S/c1-5-24(2)34-32(38)30(21-25-13-7-6-8-14-25)35(23-26-15-9-10-18-29(26)33)31(37)19-12-20-36(42(4,39)40)27-16-11-17-28(22-27)41-3/h6-11,13-18,22,24,30H,5,12,19-21,23H2,1-4H3,(H,34,38)/t24-,30-/m0/s1. The predicted octanol–water partition coefficient (Wildman–Crippen LogP) is 5.45. The summed E-state index contributed by atoms with van der Waals surface area (Å²) >= 11 is 6.49. The normalized spacial score (nSPS) is 12.7. The van der Waals surface area contributed by atoms with Crippen LogP contribution in [0.3, 0.4) is 0 Å². The minimum absolute atomic E-state index is 0.0301. The fourth-order valence-electron chi connectivity index (χ4n) is 4.57. The number of sulfonamides is 1. The molecule has 1 N–H and O–H groups in total. The average molecular weight is 614 g/mol. The molecule has 0 heterocycles. The maximum Gasteiger partial charge on any atom is 0.243 e. The largest absolute Gasteiger partial charge is 0.497 e. The fourth-order valence-corrected chi connectivity index (χ4v) is 5.73. The minimum Gasteiger partial charge on any atom is -0.497 e. The number of amides is 2. The number of carbonyl (C=O) groups excluding carboxylic acids is 2. The van der Waals surface area contributed by atoms with Crippen molar-refractivity contribution in [1.82, 2.24) is 10.2 Å². The molecular weight excluding hydrogens is 574 g/mol. The topological polar surface area (TPSA) is 96.0 Å². The molecule has 10 heteroatoms. The molecule has 42 heavy (non-hydrogen) atoms. The molecule has 0 bridgehead atoms. The van der Waals surface area contributed by atoms with Gasteiger partial charge in [0.25, 0.3) is 0 Å². The molecule has 0 fully saturated rings. The molecule has 0 aliphatic carbocycles. The fraction of sp³-hybridized carbons (Fsp3) is 0.375. The van der Waals surface area contributed by atoms with Crippen molar-refractivity contribution >= 4 is 39.1 Å². The Balaban J connectivity index is 1.90. The van der Waals surface area contributed by atoms with Crippen LogP contribution < -0.4 is 14.4 Å². The number of nitrogens with zero attached hydrogens (tertiary/aromatic N) is 2. The summed E-state index contributed by atoms with van der Waals surface area (Å²) in [4.78, 5) is 29.2. The summed E-state index contributed by atoms with van der Waals surface area (Å²) in [6.07, 6.45) is 2.47. The second-order valence-corrected chi connectivity index (χ2v) is 12.6. The third kappa shape index (κ3) is 9.49. The van der Waals surface area contributed by atoms with Crippen LogP contribution in [0.5, 0.6) is 5.75 Å². The van der Waals surface area contributed by atoms with Gasteiger partial charge in [-0.05, 0) is 49.1 Å². The molecule has 0 saturated heterocycles. The van der Waals surface area contributed by atoms with Crippen molar-refractivity contribution in [3.63, 3.8) is 0 Å². The van der Waals surface area contributed by atoms with E-state index in [0.29, 0.717) is 22.9 Å². The molecule has 2 atom stereocenters. The van der Waals surface area contributed by atoms with Gasteiger partial charge in [0, 0.05) is 43.1 Å². The molecule has 0 radical (unpaired) electrons. The summed E-state index contributed by atoms with van der Waals surface area (Å²) in [5.41, 5.74) is 2.09. The van der Waals surface area contributed by atoms with Crippen molar-refractivity contribution in [3.05, 3.63) is 95.0 Å². The zero-order valence-corrected chi connectivity index (χ0v) is 26.2. The van der Waals surface area contributed by atoms with Crippen molar-refractivity contribution in [3.8, 4) is 5.75 Å². The number of ether oxygens (including phenoxy) is 1. The molecule has 0 aromatic heterocycles. The van der Waals surface area contributed by atoms with Crippen LogP contribution in [0.1, 0.15) is 44.2 Å². The Labute approximate surface area is 254 Å². The van der Waals surface area contributed by atoms with Gasteiger partial charge in [-0.2, -0.15) is 0 Å². The number of methoxy groups -OCH3 is 1. The predicted molar refractivity (Wildman–Crippen MR) is 168 cm³/mol. The highest BCUT2D eigenvalue weighted by molar-refractivity contribution is 7.92. The lowest BCUT2D eigenvalue weighted by molar-refractivity contribution is -0.141. The van der Waals surface area contributed by atoms with Gasteiger partial charge in [0.15, 0.2) is 0 Å². The summed E-state index contributed by atoms with van der Waals surface area (Å²) in [5.74, 6) is 0.0104. The van der Waals surface area contributed by atoms with Crippen molar-refractivity contribution in [2.24, 2.45) is 0 Å². The van der Waals surface area contributed by atoms with Crippen molar-refractivity contribution < 1.29 is 22.7 Å².